The Morgan fingerprint density at radius 1 is 1.62 bits per heavy atom. The van der Waals surface area contributed by atoms with Gasteiger partial charge in [-0.25, -0.2) is 0 Å². The molecule has 1 aromatic heterocycles. The van der Waals surface area contributed by atoms with Gasteiger partial charge in [0.05, 0.1) is 15.5 Å². The molecule has 1 aromatic rings. The van der Waals surface area contributed by atoms with Gasteiger partial charge in [-0.3, -0.25) is 9.19 Å². The normalized spacial score (nSPS) is 19.9. The van der Waals surface area contributed by atoms with E-state index in [0.717, 1.165) is 25.1 Å². The summed E-state index contributed by atoms with van der Waals surface area (Å²) in [6, 6.07) is 1.84. The highest BCUT2D eigenvalue weighted by molar-refractivity contribution is 7.85. The van der Waals surface area contributed by atoms with Gasteiger partial charge in [-0.2, -0.15) is 0 Å². The number of anilines is 1. The van der Waals surface area contributed by atoms with Crippen LogP contribution in [0.3, 0.4) is 0 Å². The van der Waals surface area contributed by atoms with E-state index in [1.54, 1.807) is 18.6 Å². The molecule has 0 saturated heterocycles. The average Bonchev–Trinajstić information content (AvgIpc) is 2.18. The quantitative estimate of drug-likeness (QED) is 0.902. The monoisotopic (exact) mass is 258 g/mol. The lowest BCUT2D eigenvalue weighted by Crippen LogP contribution is -2.47. The number of rotatable bonds is 4. The van der Waals surface area contributed by atoms with Crippen LogP contribution in [0.5, 0.6) is 0 Å². The lowest BCUT2D eigenvalue weighted by Gasteiger charge is -2.40. The molecule has 0 aliphatic heterocycles. The van der Waals surface area contributed by atoms with Gasteiger partial charge in [0.15, 0.2) is 0 Å². The summed E-state index contributed by atoms with van der Waals surface area (Å²) in [6.07, 6.45) is 8.34. The molecule has 0 bridgehead atoms. The number of hydrogen-bond donors (Lipinski definition) is 1. The second kappa shape index (κ2) is 4.72. The highest BCUT2D eigenvalue weighted by Gasteiger charge is 2.40. The Morgan fingerprint density at radius 2 is 2.38 bits per heavy atom. The van der Waals surface area contributed by atoms with Crippen LogP contribution in [0.2, 0.25) is 5.02 Å². The molecule has 0 aromatic carbocycles. The van der Waals surface area contributed by atoms with Gasteiger partial charge in [-0.1, -0.05) is 18.0 Å². The van der Waals surface area contributed by atoms with Crippen LogP contribution in [0, 0.1) is 0 Å². The fourth-order valence-corrected chi connectivity index (χ4v) is 3.24. The minimum absolute atomic E-state index is 0.0490. The summed E-state index contributed by atoms with van der Waals surface area (Å²) in [5.74, 6) is 0. The van der Waals surface area contributed by atoms with E-state index in [1.165, 1.54) is 6.42 Å². The minimum atomic E-state index is -0.784. The number of pyridine rings is 1. The molecule has 5 heteroatoms. The van der Waals surface area contributed by atoms with Crippen molar-refractivity contribution < 1.29 is 4.21 Å². The average molecular weight is 259 g/mol. The van der Waals surface area contributed by atoms with E-state index >= 15 is 0 Å². The van der Waals surface area contributed by atoms with Crippen LogP contribution in [-0.2, 0) is 10.8 Å². The van der Waals surface area contributed by atoms with Gasteiger partial charge in [0, 0.05) is 36.0 Å². The van der Waals surface area contributed by atoms with Crippen LogP contribution in [0.25, 0.3) is 0 Å². The third-order valence-corrected chi connectivity index (χ3v) is 5.32. The summed E-state index contributed by atoms with van der Waals surface area (Å²) in [6.45, 7) is 0.722. The molecule has 1 N–H and O–H groups in total. The number of nitrogens with zero attached hydrogens (tertiary/aromatic N) is 1. The zero-order valence-corrected chi connectivity index (χ0v) is 10.8. The Hall–Kier alpha value is -0.610. The lowest BCUT2D eigenvalue weighted by atomic mass is 9.84. The SMILES string of the molecule is C[S@@](=O)C1(CNc2ccncc2Cl)CCC1. The molecule has 1 atom stereocenters. The van der Waals surface area contributed by atoms with Crippen molar-refractivity contribution in [2.75, 3.05) is 18.1 Å². The molecule has 2 rings (SSSR count). The standard InChI is InChI=1S/C11H15ClN2OS/c1-16(15)11(4-2-5-11)8-14-10-3-6-13-7-9(10)12/h3,6-7H,2,4-5,8H2,1H3,(H,13,14)/t16-/m1/s1. The summed E-state index contributed by atoms with van der Waals surface area (Å²) >= 11 is 5.99. The van der Waals surface area contributed by atoms with Crippen molar-refractivity contribution in [3.05, 3.63) is 23.5 Å². The number of halogens is 1. The van der Waals surface area contributed by atoms with Crippen LogP contribution < -0.4 is 5.32 Å². The molecule has 88 valence electrons. The summed E-state index contributed by atoms with van der Waals surface area (Å²) in [5.41, 5.74) is 0.869. The highest BCUT2D eigenvalue weighted by atomic mass is 35.5. The van der Waals surface area contributed by atoms with Gasteiger partial charge in [-0.05, 0) is 18.9 Å². The van der Waals surface area contributed by atoms with E-state index in [0.29, 0.717) is 5.02 Å². The van der Waals surface area contributed by atoms with E-state index in [1.807, 2.05) is 6.07 Å². The van der Waals surface area contributed by atoms with Crippen LogP contribution in [0.4, 0.5) is 5.69 Å². The van der Waals surface area contributed by atoms with Crippen molar-refractivity contribution in [1.29, 1.82) is 0 Å². The Labute approximate surface area is 103 Å². The van der Waals surface area contributed by atoms with Crippen molar-refractivity contribution >= 4 is 28.1 Å². The summed E-state index contributed by atoms with van der Waals surface area (Å²) < 4.78 is 11.6. The molecule has 0 radical (unpaired) electrons. The Balaban J connectivity index is 2.02. The molecular formula is C11H15ClN2OS. The maximum atomic E-state index is 11.7. The van der Waals surface area contributed by atoms with E-state index in [4.69, 9.17) is 11.6 Å². The zero-order chi connectivity index (χ0) is 11.6. The molecular weight excluding hydrogens is 244 g/mol. The fraction of sp³-hybridized carbons (Fsp3) is 0.545. The van der Waals surface area contributed by atoms with Crippen molar-refractivity contribution in [3.8, 4) is 0 Å². The van der Waals surface area contributed by atoms with Gasteiger partial charge in [0.25, 0.3) is 0 Å². The number of aromatic nitrogens is 1. The van der Waals surface area contributed by atoms with Crippen LogP contribution >= 0.6 is 11.6 Å². The largest absolute Gasteiger partial charge is 0.382 e. The molecule has 16 heavy (non-hydrogen) atoms. The third-order valence-electron chi connectivity index (χ3n) is 3.25. The molecule has 1 heterocycles. The van der Waals surface area contributed by atoms with Crippen molar-refractivity contribution in [3.63, 3.8) is 0 Å². The maximum Gasteiger partial charge on any atom is 0.0820 e. The van der Waals surface area contributed by atoms with Crippen LogP contribution in [0.15, 0.2) is 18.5 Å². The van der Waals surface area contributed by atoms with Crippen molar-refractivity contribution in [2.24, 2.45) is 0 Å². The Bertz CT molecular complexity index is 407. The topological polar surface area (TPSA) is 42.0 Å². The molecule has 1 fully saturated rings. The summed E-state index contributed by atoms with van der Waals surface area (Å²) in [4.78, 5) is 3.93. The maximum absolute atomic E-state index is 11.7. The molecule has 1 aliphatic rings. The molecule has 0 spiro atoms. The second-order valence-electron chi connectivity index (χ2n) is 4.20. The first kappa shape index (κ1) is 11.9. The van der Waals surface area contributed by atoms with Gasteiger partial charge in [0.1, 0.15) is 0 Å². The smallest absolute Gasteiger partial charge is 0.0820 e. The lowest BCUT2D eigenvalue weighted by molar-refractivity contribution is 0.368. The molecule has 3 nitrogen and oxygen atoms in total. The van der Waals surface area contributed by atoms with E-state index in [9.17, 15) is 4.21 Å². The predicted octanol–water partition coefficient (Wildman–Crippen LogP) is 2.45. The zero-order valence-electron chi connectivity index (χ0n) is 9.20. The molecule has 0 amide bonds. The van der Waals surface area contributed by atoms with E-state index in [-0.39, 0.29) is 4.75 Å². The van der Waals surface area contributed by atoms with Gasteiger partial charge >= 0.3 is 0 Å². The first-order valence-corrected chi connectivity index (χ1v) is 7.25. The minimum Gasteiger partial charge on any atom is -0.382 e. The van der Waals surface area contributed by atoms with Gasteiger partial charge in [0.2, 0.25) is 0 Å². The third kappa shape index (κ3) is 2.23. The van der Waals surface area contributed by atoms with Crippen LogP contribution in [0.1, 0.15) is 19.3 Å². The Kier molecular flexibility index (Phi) is 3.50. The molecule has 1 saturated carbocycles. The summed E-state index contributed by atoms with van der Waals surface area (Å²) in [5, 5.41) is 3.88. The van der Waals surface area contributed by atoms with Crippen molar-refractivity contribution in [1.82, 2.24) is 4.98 Å². The van der Waals surface area contributed by atoms with Gasteiger partial charge < -0.3 is 5.32 Å². The second-order valence-corrected chi connectivity index (χ2v) is 6.38. The first-order valence-electron chi connectivity index (χ1n) is 5.31. The number of nitrogens with one attached hydrogen (secondary N) is 1. The predicted molar refractivity (Wildman–Crippen MR) is 68.4 cm³/mol. The summed E-state index contributed by atoms with van der Waals surface area (Å²) in [7, 11) is -0.784. The highest BCUT2D eigenvalue weighted by Crippen LogP contribution is 2.37. The fourth-order valence-electron chi connectivity index (χ4n) is 1.91. The van der Waals surface area contributed by atoms with Crippen molar-refractivity contribution in [2.45, 2.75) is 24.0 Å². The van der Waals surface area contributed by atoms with E-state index < -0.39 is 10.8 Å². The Morgan fingerprint density at radius 3 is 2.88 bits per heavy atom. The first-order chi connectivity index (χ1) is 7.64. The van der Waals surface area contributed by atoms with Gasteiger partial charge in [-0.15, -0.1) is 0 Å². The van der Waals surface area contributed by atoms with E-state index in [2.05, 4.69) is 10.3 Å². The molecule has 0 unspecified atom stereocenters. The van der Waals surface area contributed by atoms with Crippen LogP contribution in [-0.4, -0.2) is 26.7 Å². The molecule has 1 aliphatic carbocycles. The number of hydrogen-bond acceptors (Lipinski definition) is 3.